The molecule has 0 radical (unpaired) electrons. The quantitative estimate of drug-likeness (QED) is 0.863. The summed E-state index contributed by atoms with van der Waals surface area (Å²) in [4.78, 5) is 7.16. The van der Waals surface area contributed by atoms with Gasteiger partial charge in [-0.3, -0.25) is 0 Å². The van der Waals surface area contributed by atoms with Crippen LogP contribution in [0.5, 0.6) is 11.5 Å². The summed E-state index contributed by atoms with van der Waals surface area (Å²) in [5.74, 6) is 1.46. The Labute approximate surface area is 111 Å². The largest absolute Gasteiger partial charge is 0.496 e. The van der Waals surface area contributed by atoms with E-state index in [0.717, 1.165) is 28.3 Å². The summed E-state index contributed by atoms with van der Waals surface area (Å²) in [6.07, 6.45) is 1.58. The van der Waals surface area contributed by atoms with Gasteiger partial charge in [-0.1, -0.05) is 18.3 Å². The van der Waals surface area contributed by atoms with Crippen LogP contribution in [0.25, 0.3) is 11.3 Å². The normalized spacial score (nSPS) is 10.2. The standard InChI is InChI=1S/C13H14N2O2S/c1-8-12(14-7-15-13(8)18)11-9(16-2)5-4-6-10(11)17-3/h4-7H,1-3H3,(H,14,15,18). The minimum Gasteiger partial charge on any atom is -0.496 e. The van der Waals surface area contributed by atoms with Crippen molar-refractivity contribution in [3.63, 3.8) is 0 Å². The van der Waals surface area contributed by atoms with Crippen molar-refractivity contribution in [1.29, 1.82) is 0 Å². The lowest BCUT2D eigenvalue weighted by atomic mass is 10.1. The Bertz CT molecular complexity index is 600. The van der Waals surface area contributed by atoms with Crippen LogP contribution in [0.3, 0.4) is 0 Å². The highest BCUT2D eigenvalue weighted by molar-refractivity contribution is 7.71. The predicted octanol–water partition coefficient (Wildman–Crippen LogP) is 3.13. The third kappa shape index (κ3) is 2.09. The van der Waals surface area contributed by atoms with Gasteiger partial charge in [0, 0.05) is 5.56 Å². The van der Waals surface area contributed by atoms with E-state index in [4.69, 9.17) is 21.7 Å². The second-order valence-corrected chi connectivity index (χ2v) is 4.13. The molecule has 5 heteroatoms. The molecule has 1 aromatic heterocycles. The van der Waals surface area contributed by atoms with Gasteiger partial charge in [-0.15, -0.1) is 0 Å². The molecule has 2 rings (SSSR count). The fraction of sp³-hybridized carbons (Fsp3) is 0.231. The number of methoxy groups -OCH3 is 2. The number of aromatic nitrogens is 2. The minimum atomic E-state index is 0.566. The van der Waals surface area contributed by atoms with Crippen molar-refractivity contribution in [2.24, 2.45) is 0 Å². The maximum absolute atomic E-state index is 5.38. The maximum atomic E-state index is 5.38. The van der Waals surface area contributed by atoms with Crippen LogP contribution in [-0.4, -0.2) is 24.2 Å². The molecule has 2 aromatic rings. The van der Waals surface area contributed by atoms with Crippen LogP contribution in [0.15, 0.2) is 24.5 Å². The zero-order valence-electron chi connectivity index (χ0n) is 10.5. The Morgan fingerprint density at radius 2 is 1.78 bits per heavy atom. The molecule has 94 valence electrons. The highest BCUT2D eigenvalue weighted by atomic mass is 32.1. The fourth-order valence-corrected chi connectivity index (χ4v) is 1.98. The highest BCUT2D eigenvalue weighted by Gasteiger charge is 2.15. The number of hydrogen-bond acceptors (Lipinski definition) is 4. The number of hydrogen-bond donors (Lipinski definition) is 1. The number of rotatable bonds is 3. The molecule has 0 saturated carbocycles. The van der Waals surface area contributed by atoms with E-state index >= 15 is 0 Å². The third-order valence-corrected chi connectivity index (χ3v) is 3.18. The Morgan fingerprint density at radius 3 is 2.33 bits per heavy atom. The topological polar surface area (TPSA) is 47.1 Å². The van der Waals surface area contributed by atoms with Crippen LogP contribution in [0.2, 0.25) is 0 Å². The van der Waals surface area contributed by atoms with Gasteiger partial charge in [0.25, 0.3) is 0 Å². The van der Waals surface area contributed by atoms with Crippen LogP contribution < -0.4 is 9.47 Å². The summed E-state index contributed by atoms with van der Waals surface area (Å²) in [7, 11) is 3.26. The molecule has 0 fully saturated rings. The van der Waals surface area contributed by atoms with Crippen LogP contribution in [0.1, 0.15) is 5.56 Å². The molecular weight excluding hydrogens is 248 g/mol. The number of aromatic amines is 1. The molecule has 0 aliphatic rings. The lowest BCUT2D eigenvalue weighted by Gasteiger charge is -2.14. The number of H-pyrrole nitrogens is 1. The van der Waals surface area contributed by atoms with E-state index in [0.29, 0.717) is 4.64 Å². The SMILES string of the molecule is COc1cccc(OC)c1-c1[nH]cnc(=S)c1C. The van der Waals surface area contributed by atoms with Crippen molar-refractivity contribution >= 4 is 12.2 Å². The number of benzene rings is 1. The molecule has 18 heavy (non-hydrogen) atoms. The van der Waals surface area contributed by atoms with Crippen LogP contribution in [0.4, 0.5) is 0 Å². The maximum Gasteiger partial charge on any atom is 0.132 e. The molecule has 4 nitrogen and oxygen atoms in total. The molecule has 1 N–H and O–H groups in total. The lowest BCUT2D eigenvalue weighted by molar-refractivity contribution is 0.397. The number of ether oxygens (including phenoxy) is 2. The second-order valence-electron chi connectivity index (χ2n) is 3.75. The van der Waals surface area contributed by atoms with E-state index in [-0.39, 0.29) is 0 Å². The van der Waals surface area contributed by atoms with Crippen LogP contribution >= 0.6 is 12.2 Å². The average Bonchev–Trinajstić information content (AvgIpc) is 2.41. The molecule has 0 spiro atoms. The molecule has 0 aliphatic carbocycles. The van der Waals surface area contributed by atoms with Gasteiger partial charge in [-0.05, 0) is 19.1 Å². The van der Waals surface area contributed by atoms with E-state index < -0.39 is 0 Å². The van der Waals surface area contributed by atoms with Gasteiger partial charge >= 0.3 is 0 Å². The highest BCUT2D eigenvalue weighted by Crippen LogP contribution is 2.38. The first-order valence-electron chi connectivity index (χ1n) is 5.44. The molecule has 0 amide bonds. The first kappa shape index (κ1) is 12.6. The molecule has 0 bridgehead atoms. The van der Waals surface area contributed by atoms with Gasteiger partial charge in [0.2, 0.25) is 0 Å². The van der Waals surface area contributed by atoms with Gasteiger partial charge in [0.1, 0.15) is 16.1 Å². The number of nitrogens with one attached hydrogen (secondary N) is 1. The van der Waals surface area contributed by atoms with Crippen LogP contribution in [-0.2, 0) is 0 Å². The van der Waals surface area contributed by atoms with E-state index in [2.05, 4.69) is 9.97 Å². The second kappa shape index (κ2) is 5.18. The van der Waals surface area contributed by atoms with Crippen molar-refractivity contribution in [3.05, 3.63) is 34.7 Å². The summed E-state index contributed by atoms with van der Waals surface area (Å²) in [5.41, 5.74) is 2.62. The third-order valence-electron chi connectivity index (χ3n) is 2.76. The van der Waals surface area contributed by atoms with E-state index in [9.17, 15) is 0 Å². The van der Waals surface area contributed by atoms with Crippen molar-refractivity contribution < 1.29 is 9.47 Å². The fourth-order valence-electron chi connectivity index (χ4n) is 1.82. The zero-order chi connectivity index (χ0) is 13.1. The summed E-state index contributed by atoms with van der Waals surface area (Å²) in [6, 6.07) is 5.65. The zero-order valence-corrected chi connectivity index (χ0v) is 11.3. The molecule has 0 atom stereocenters. The summed E-state index contributed by atoms with van der Waals surface area (Å²) < 4.78 is 11.3. The van der Waals surface area contributed by atoms with Crippen molar-refractivity contribution in [1.82, 2.24) is 9.97 Å². The molecule has 0 aliphatic heterocycles. The van der Waals surface area contributed by atoms with Gasteiger partial charge < -0.3 is 14.5 Å². The van der Waals surface area contributed by atoms with Crippen molar-refractivity contribution in [2.75, 3.05) is 14.2 Å². The first-order valence-corrected chi connectivity index (χ1v) is 5.85. The summed E-state index contributed by atoms with van der Waals surface area (Å²) in [6.45, 7) is 1.92. The van der Waals surface area contributed by atoms with E-state index in [1.54, 1.807) is 20.5 Å². The Kier molecular flexibility index (Phi) is 3.62. The lowest BCUT2D eigenvalue weighted by Crippen LogP contribution is -1.97. The minimum absolute atomic E-state index is 0.566. The smallest absolute Gasteiger partial charge is 0.132 e. The Hall–Kier alpha value is -1.88. The van der Waals surface area contributed by atoms with Crippen molar-refractivity contribution in [3.8, 4) is 22.8 Å². The predicted molar refractivity (Wildman–Crippen MR) is 72.7 cm³/mol. The average molecular weight is 262 g/mol. The van der Waals surface area contributed by atoms with Gasteiger partial charge in [-0.2, -0.15) is 0 Å². The van der Waals surface area contributed by atoms with E-state index in [1.165, 1.54) is 0 Å². The van der Waals surface area contributed by atoms with Gasteiger partial charge in [-0.25, -0.2) is 4.98 Å². The Balaban J connectivity index is 2.77. The first-order chi connectivity index (χ1) is 8.69. The monoisotopic (exact) mass is 262 g/mol. The van der Waals surface area contributed by atoms with Gasteiger partial charge in [0.05, 0.1) is 31.8 Å². The van der Waals surface area contributed by atoms with Gasteiger partial charge in [0.15, 0.2) is 0 Å². The van der Waals surface area contributed by atoms with Crippen LogP contribution in [0, 0.1) is 11.6 Å². The Morgan fingerprint density at radius 1 is 1.17 bits per heavy atom. The molecule has 1 heterocycles. The molecule has 0 saturated heterocycles. The summed E-state index contributed by atoms with van der Waals surface area (Å²) >= 11 is 5.19. The molecule has 0 unspecified atom stereocenters. The van der Waals surface area contributed by atoms with E-state index in [1.807, 2.05) is 25.1 Å². The molecular formula is C13H14N2O2S. The van der Waals surface area contributed by atoms with Crippen molar-refractivity contribution in [2.45, 2.75) is 6.92 Å². The number of nitrogens with zero attached hydrogens (tertiary/aromatic N) is 1. The molecule has 1 aromatic carbocycles. The summed E-state index contributed by atoms with van der Waals surface area (Å²) in [5, 5.41) is 0.